The van der Waals surface area contributed by atoms with Gasteiger partial charge in [0, 0.05) is 11.0 Å². The third-order valence-electron chi connectivity index (χ3n) is 5.99. The molecule has 2 aliphatic rings. The van der Waals surface area contributed by atoms with Crippen LogP contribution in [0, 0.1) is 11.3 Å². The summed E-state index contributed by atoms with van der Waals surface area (Å²) in [5.74, 6) is 1.88. The second kappa shape index (κ2) is 8.64. The van der Waals surface area contributed by atoms with Crippen LogP contribution in [0.3, 0.4) is 0 Å². The van der Waals surface area contributed by atoms with Gasteiger partial charge in [0.15, 0.2) is 28.8 Å². The second-order valence-corrected chi connectivity index (χ2v) is 7.73. The van der Waals surface area contributed by atoms with E-state index in [0.29, 0.717) is 40.7 Å². The van der Waals surface area contributed by atoms with Crippen LogP contribution in [0.25, 0.3) is 0 Å². The molecule has 1 fully saturated rings. The van der Waals surface area contributed by atoms with Crippen LogP contribution in [0.5, 0.6) is 28.7 Å². The van der Waals surface area contributed by atoms with Crippen LogP contribution in [0.15, 0.2) is 30.3 Å². The van der Waals surface area contributed by atoms with Crippen molar-refractivity contribution in [3.8, 4) is 28.7 Å². The van der Waals surface area contributed by atoms with Crippen molar-refractivity contribution in [2.45, 2.75) is 6.42 Å². The van der Waals surface area contributed by atoms with Gasteiger partial charge in [0.05, 0.1) is 47.1 Å². The molecule has 0 bridgehead atoms. The summed E-state index contributed by atoms with van der Waals surface area (Å²) in [5.41, 5.74) is 0.588. The zero-order valence-corrected chi connectivity index (χ0v) is 17.8. The van der Waals surface area contributed by atoms with E-state index < -0.39 is 11.3 Å². The highest BCUT2D eigenvalue weighted by Crippen LogP contribution is 2.44. The van der Waals surface area contributed by atoms with Gasteiger partial charge >= 0.3 is 0 Å². The maximum Gasteiger partial charge on any atom is 0.231 e. The van der Waals surface area contributed by atoms with Gasteiger partial charge in [-0.15, -0.1) is 0 Å². The van der Waals surface area contributed by atoms with Crippen molar-refractivity contribution < 1.29 is 38.3 Å². The molecule has 2 aromatic carbocycles. The monoisotopic (exact) mass is 430 g/mol. The molecule has 0 saturated carbocycles. The molecule has 0 unspecified atom stereocenters. The summed E-state index contributed by atoms with van der Waals surface area (Å²) in [7, 11) is 4.51. The van der Waals surface area contributed by atoms with Crippen LogP contribution >= 0.6 is 0 Å². The van der Waals surface area contributed by atoms with E-state index in [1.807, 2.05) is 18.2 Å². The van der Waals surface area contributed by atoms with Crippen molar-refractivity contribution in [1.29, 1.82) is 0 Å². The summed E-state index contributed by atoms with van der Waals surface area (Å²) in [5, 5.41) is 10.4. The van der Waals surface area contributed by atoms with Crippen molar-refractivity contribution in [2.24, 2.45) is 11.3 Å². The van der Waals surface area contributed by atoms with E-state index in [2.05, 4.69) is 0 Å². The Morgan fingerprint density at radius 2 is 1.77 bits per heavy atom. The molecule has 2 aromatic rings. The third-order valence-corrected chi connectivity index (χ3v) is 5.99. The smallest absolute Gasteiger partial charge is 0.231 e. The van der Waals surface area contributed by atoms with Gasteiger partial charge in [0.1, 0.15) is 0 Å². The lowest BCUT2D eigenvalue weighted by Gasteiger charge is -2.31. The Kier molecular flexibility index (Phi) is 5.93. The van der Waals surface area contributed by atoms with Gasteiger partial charge < -0.3 is 33.5 Å². The summed E-state index contributed by atoms with van der Waals surface area (Å²) < 4.78 is 32.7. The number of fused-ring (bicyclic) bond motifs is 1. The van der Waals surface area contributed by atoms with Gasteiger partial charge in [0.25, 0.3) is 0 Å². The number of Topliss-reactive ketones (excluding diaryl/α,β-unsaturated/α-hetero) is 1. The highest BCUT2D eigenvalue weighted by atomic mass is 16.7. The average Bonchev–Trinajstić information content (AvgIpc) is 3.44. The van der Waals surface area contributed by atoms with E-state index in [1.54, 1.807) is 12.1 Å². The predicted molar refractivity (Wildman–Crippen MR) is 111 cm³/mol. The van der Waals surface area contributed by atoms with Gasteiger partial charge in [-0.05, 0) is 36.2 Å². The normalized spacial score (nSPS) is 21.7. The van der Waals surface area contributed by atoms with Crippen LogP contribution in [-0.4, -0.2) is 58.8 Å². The Bertz CT molecular complexity index is 947. The minimum absolute atomic E-state index is 0.147. The molecular formula is C23H26O8. The summed E-state index contributed by atoms with van der Waals surface area (Å²) in [6.45, 7) is 0.497. The minimum atomic E-state index is -0.759. The third kappa shape index (κ3) is 3.77. The first-order chi connectivity index (χ1) is 15.0. The number of ketones is 1. The number of carbonyl (C=O) groups excluding carboxylic acids is 1. The minimum Gasteiger partial charge on any atom is -0.493 e. The van der Waals surface area contributed by atoms with Crippen molar-refractivity contribution >= 4 is 5.78 Å². The molecule has 0 spiro atoms. The molecule has 4 rings (SSSR count). The highest BCUT2D eigenvalue weighted by molar-refractivity contribution is 6.00. The number of aliphatic hydroxyl groups excluding tert-OH is 1. The molecule has 1 saturated heterocycles. The molecule has 31 heavy (non-hydrogen) atoms. The largest absolute Gasteiger partial charge is 0.493 e. The number of ether oxygens (including phenoxy) is 6. The molecule has 2 atom stereocenters. The fraction of sp³-hybridized carbons (Fsp3) is 0.435. The molecule has 8 heteroatoms. The van der Waals surface area contributed by atoms with E-state index in [0.717, 1.165) is 5.56 Å². The average molecular weight is 430 g/mol. The number of benzene rings is 2. The Hall–Kier alpha value is -2.97. The van der Waals surface area contributed by atoms with E-state index in [-0.39, 0.29) is 32.4 Å². The Morgan fingerprint density at radius 1 is 1.06 bits per heavy atom. The first kappa shape index (κ1) is 21.3. The molecule has 2 aliphatic heterocycles. The first-order valence-electron chi connectivity index (χ1n) is 9.96. The van der Waals surface area contributed by atoms with Gasteiger partial charge in [0.2, 0.25) is 12.5 Å². The Balaban J connectivity index is 1.65. The number of carbonyl (C=O) groups is 1. The van der Waals surface area contributed by atoms with E-state index in [4.69, 9.17) is 28.4 Å². The van der Waals surface area contributed by atoms with Gasteiger partial charge in [-0.1, -0.05) is 6.07 Å². The molecule has 0 radical (unpaired) electrons. The Labute approximate surface area is 180 Å². The number of aliphatic hydroxyl groups is 1. The van der Waals surface area contributed by atoms with Gasteiger partial charge in [-0.3, -0.25) is 4.79 Å². The van der Waals surface area contributed by atoms with Gasteiger partial charge in [-0.25, -0.2) is 0 Å². The topological polar surface area (TPSA) is 92.7 Å². The van der Waals surface area contributed by atoms with Crippen LogP contribution in [-0.2, 0) is 11.2 Å². The van der Waals surface area contributed by atoms with Crippen LogP contribution < -0.4 is 23.7 Å². The molecule has 1 N–H and O–H groups in total. The fourth-order valence-electron chi connectivity index (χ4n) is 4.28. The molecule has 2 heterocycles. The zero-order valence-electron chi connectivity index (χ0n) is 17.8. The van der Waals surface area contributed by atoms with E-state index in [1.165, 1.54) is 21.3 Å². The molecule has 8 nitrogen and oxygen atoms in total. The van der Waals surface area contributed by atoms with E-state index >= 15 is 0 Å². The van der Waals surface area contributed by atoms with Crippen LogP contribution in [0.2, 0.25) is 0 Å². The first-order valence-corrected chi connectivity index (χ1v) is 9.96. The van der Waals surface area contributed by atoms with Crippen molar-refractivity contribution in [2.75, 3.05) is 47.9 Å². The summed E-state index contributed by atoms with van der Waals surface area (Å²) in [6.07, 6.45) is 0.459. The second-order valence-electron chi connectivity index (χ2n) is 7.73. The van der Waals surface area contributed by atoms with Crippen LogP contribution in [0.4, 0.5) is 0 Å². The lowest BCUT2D eigenvalue weighted by atomic mass is 9.71. The quantitative estimate of drug-likeness (QED) is 0.639. The summed E-state index contributed by atoms with van der Waals surface area (Å²) >= 11 is 0. The van der Waals surface area contributed by atoms with Crippen LogP contribution in [0.1, 0.15) is 15.9 Å². The maximum absolute atomic E-state index is 13.5. The number of hydrogen-bond donors (Lipinski definition) is 1. The van der Waals surface area contributed by atoms with E-state index in [9.17, 15) is 9.90 Å². The SMILES string of the molecule is COc1cc(C(=O)[C@H]2COC[C@]2(CO)Cc2ccc3c(c2)OCO3)cc(OC)c1OC. The number of rotatable bonds is 8. The number of hydrogen-bond acceptors (Lipinski definition) is 8. The van der Waals surface area contributed by atoms with Gasteiger partial charge in [-0.2, -0.15) is 0 Å². The Morgan fingerprint density at radius 3 is 2.42 bits per heavy atom. The number of methoxy groups -OCH3 is 3. The summed E-state index contributed by atoms with van der Waals surface area (Å²) in [6, 6.07) is 8.91. The molecule has 166 valence electrons. The van der Waals surface area contributed by atoms with Crippen molar-refractivity contribution in [1.82, 2.24) is 0 Å². The standard InChI is InChI=1S/C23H26O8/c1-26-19-7-15(8-20(27-2)22(19)28-3)21(25)16-10-29-12-23(16,11-24)9-14-4-5-17-18(6-14)31-13-30-17/h4-8,16,24H,9-13H2,1-3H3/t16-,23-/m1/s1. The molecule has 0 amide bonds. The fourth-order valence-corrected chi connectivity index (χ4v) is 4.28. The zero-order chi connectivity index (χ0) is 22.0. The molecule has 0 aliphatic carbocycles. The predicted octanol–water partition coefficient (Wildman–Crippen LogP) is 2.49. The van der Waals surface area contributed by atoms with Crippen molar-refractivity contribution in [3.05, 3.63) is 41.5 Å². The highest BCUT2D eigenvalue weighted by Gasteiger charge is 2.48. The molecular weight excluding hydrogens is 404 g/mol. The maximum atomic E-state index is 13.5. The lowest BCUT2D eigenvalue weighted by Crippen LogP contribution is -2.40. The molecule has 0 aromatic heterocycles. The summed E-state index contributed by atoms with van der Waals surface area (Å²) in [4.78, 5) is 13.5. The van der Waals surface area contributed by atoms with Crippen molar-refractivity contribution in [3.63, 3.8) is 0 Å². The lowest BCUT2D eigenvalue weighted by molar-refractivity contribution is 0.0615.